The highest BCUT2D eigenvalue weighted by molar-refractivity contribution is 7.11. The lowest BCUT2D eigenvalue weighted by Crippen LogP contribution is -2.43. The van der Waals surface area contributed by atoms with E-state index in [4.69, 9.17) is 0 Å². The second-order valence-electron chi connectivity index (χ2n) is 5.74. The zero-order chi connectivity index (χ0) is 12.3. The van der Waals surface area contributed by atoms with E-state index >= 15 is 0 Å². The summed E-state index contributed by atoms with van der Waals surface area (Å²) in [5, 5.41) is 4.95. The largest absolute Gasteiger partial charge is 0.307 e. The maximum Gasteiger partial charge on any atom is 0.107 e. The highest BCUT2D eigenvalue weighted by Crippen LogP contribution is 2.35. The minimum Gasteiger partial charge on any atom is -0.307 e. The normalized spacial score (nSPS) is 23.8. The van der Waals surface area contributed by atoms with Gasteiger partial charge in [0.2, 0.25) is 0 Å². The highest BCUT2D eigenvalue weighted by Gasteiger charge is 2.31. The summed E-state index contributed by atoms with van der Waals surface area (Å²) in [7, 11) is 0. The topological polar surface area (TPSA) is 24.9 Å². The number of hydrogen-bond acceptors (Lipinski definition) is 3. The van der Waals surface area contributed by atoms with Crippen molar-refractivity contribution in [1.29, 1.82) is 0 Å². The highest BCUT2D eigenvalue weighted by atomic mass is 32.1. The molecule has 0 aromatic carbocycles. The molecular weight excluding hydrogens is 228 g/mol. The van der Waals surface area contributed by atoms with Crippen molar-refractivity contribution in [3.05, 3.63) is 16.1 Å². The molecule has 1 atom stereocenters. The van der Waals surface area contributed by atoms with Crippen LogP contribution in [0.5, 0.6) is 0 Å². The molecule has 1 unspecified atom stereocenters. The van der Waals surface area contributed by atoms with Crippen LogP contribution in [0.4, 0.5) is 0 Å². The van der Waals surface area contributed by atoms with E-state index in [-0.39, 0.29) is 0 Å². The number of aryl methyl sites for hydroxylation is 1. The molecule has 0 bridgehead atoms. The van der Waals surface area contributed by atoms with E-state index in [0.717, 1.165) is 13.0 Å². The molecule has 1 heterocycles. The molecule has 1 aromatic heterocycles. The third kappa shape index (κ3) is 3.29. The summed E-state index contributed by atoms with van der Waals surface area (Å²) >= 11 is 1.85. The van der Waals surface area contributed by atoms with Gasteiger partial charge in [-0.25, -0.2) is 4.98 Å². The van der Waals surface area contributed by atoms with Gasteiger partial charge in [-0.1, -0.05) is 33.6 Å². The third-order valence-corrected chi connectivity index (χ3v) is 5.10. The fraction of sp³-hybridized carbons (Fsp3) is 0.786. The molecular formula is C14H24N2S. The summed E-state index contributed by atoms with van der Waals surface area (Å²) in [6, 6.07) is 0.658. The average Bonchev–Trinajstić information content (AvgIpc) is 2.75. The zero-order valence-corrected chi connectivity index (χ0v) is 12.1. The van der Waals surface area contributed by atoms with E-state index in [9.17, 15) is 0 Å². The van der Waals surface area contributed by atoms with Crippen molar-refractivity contribution < 1.29 is 0 Å². The molecule has 0 spiro atoms. The zero-order valence-electron chi connectivity index (χ0n) is 11.3. The molecule has 1 saturated carbocycles. The summed E-state index contributed by atoms with van der Waals surface area (Å²) in [5.41, 5.74) is 0.448. The standard InChI is InChI=1S/C14H24N2S/c1-4-11-9-16-13(17-11)10-15-12-7-5-6-8-14(12,2)3/h9,12,15H,4-8,10H2,1-3H3. The maximum absolute atomic E-state index is 4.48. The van der Waals surface area contributed by atoms with Crippen molar-refractivity contribution in [3.63, 3.8) is 0 Å². The number of nitrogens with one attached hydrogen (secondary N) is 1. The van der Waals surface area contributed by atoms with Crippen LogP contribution in [0.3, 0.4) is 0 Å². The third-order valence-electron chi connectivity index (χ3n) is 3.96. The van der Waals surface area contributed by atoms with Crippen molar-refractivity contribution in [3.8, 4) is 0 Å². The molecule has 0 amide bonds. The van der Waals surface area contributed by atoms with Crippen molar-refractivity contribution in [2.45, 2.75) is 65.5 Å². The Labute approximate surface area is 109 Å². The monoisotopic (exact) mass is 252 g/mol. The molecule has 0 saturated heterocycles. The van der Waals surface area contributed by atoms with E-state index in [0.29, 0.717) is 11.5 Å². The Kier molecular flexibility index (Phi) is 4.21. The molecule has 0 radical (unpaired) electrons. The Morgan fingerprint density at radius 2 is 2.29 bits per heavy atom. The van der Waals surface area contributed by atoms with Crippen molar-refractivity contribution >= 4 is 11.3 Å². The smallest absolute Gasteiger partial charge is 0.107 e. The van der Waals surface area contributed by atoms with E-state index < -0.39 is 0 Å². The molecule has 17 heavy (non-hydrogen) atoms. The molecule has 3 heteroatoms. The Hall–Kier alpha value is -0.410. The Morgan fingerprint density at radius 3 is 2.94 bits per heavy atom. The van der Waals surface area contributed by atoms with Crippen molar-refractivity contribution in [2.75, 3.05) is 0 Å². The predicted octanol–water partition coefficient (Wildman–Crippen LogP) is 3.76. The van der Waals surface area contributed by atoms with Crippen LogP contribution >= 0.6 is 11.3 Å². The molecule has 0 aliphatic heterocycles. The predicted molar refractivity (Wildman–Crippen MR) is 74.4 cm³/mol. The Bertz CT molecular complexity index is 357. The average molecular weight is 252 g/mol. The van der Waals surface area contributed by atoms with Gasteiger partial charge in [0.1, 0.15) is 5.01 Å². The molecule has 1 aliphatic rings. The summed E-state index contributed by atoms with van der Waals surface area (Å²) in [5.74, 6) is 0. The van der Waals surface area contributed by atoms with Crippen LogP contribution in [0.25, 0.3) is 0 Å². The molecule has 96 valence electrons. The van der Waals surface area contributed by atoms with E-state index in [1.165, 1.54) is 35.6 Å². The van der Waals surface area contributed by atoms with Crippen molar-refractivity contribution in [1.82, 2.24) is 10.3 Å². The molecule has 1 aliphatic carbocycles. The first-order chi connectivity index (χ1) is 8.12. The maximum atomic E-state index is 4.48. The number of rotatable bonds is 4. The van der Waals surface area contributed by atoms with E-state index in [1.807, 2.05) is 17.5 Å². The van der Waals surface area contributed by atoms with Gasteiger partial charge in [0.15, 0.2) is 0 Å². The van der Waals surface area contributed by atoms with E-state index in [2.05, 4.69) is 31.1 Å². The number of thiazole rings is 1. The van der Waals surface area contributed by atoms with E-state index in [1.54, 1.807) is 0 Å². The van der Waals surface area contributed by atoms with Crippen LogP contribution in [0, 0.1) is 5.41 Å². The van der Waals surface area contributed by atoms with Gasteiger partial charge in [0.25, 0.3) is 0 Å². The summed E-state index contributed by atoms with van der Waals surface area (Å²) in [6.45, 7) is 7.92. The van der Waals surface area contributed by atoms with Crippen LogP contribution in [-0.4, -0.2) is 11.0 Å². The Balaban J connectivity index is 1.88. The quantitative estimate of drug-likeness (QED) is 0.882. The number of hydrogen-bond donors (Lipinski definition) is 1. The minimum atomic E-state index is 0.448. The van der Waals surface area contributed by atoms with Crippen LogP contribution in [0.2, 0.25) is 0 Å². The van der Waals surface area contributed by atoms with Gasteiger partial charge < -0.3 is 5.32 Å². The fourth-order valence-electron chi connectivity index (χ4n) is 2.68. The van der Waals surface area contributed by atoms with Crippen LogP contribution in [-0.2, 0) is 13.0 Å². The molecule has 1 aromatic rings. The first-order valence-corrected chi connectivity index (χ1v) is 7.60. The molecule has 1 N–H and O–H groups in total. The second kappa shape index (κ2) is 5.49. The molecule has 2 nitrogen and oxygen atoms in total. The van der Waals surface area contributed by atoms with Gasteiger partial charge in [0.05, 0.1) is 0 Å². The minimum absolute atomic E-state index is 0.448. The summed E-state index contributed by atoms with van der Waals surface area (Å²) in [4.78, 5) is 5.87. The SMILES string of the molecule is CCc1cnc(CNC2CCCCC2(C)C)s1. The van der Waals surface area contributed by atoms with Crippen molar-refractivity contribution in [2.24, 2.45) is 5.41 Å². The van der Waals surface area contributed by atoms with Gasteiger partial charge in [-0.3, -0.25) is 0 Å². The molecule has 2 rings (SSSR count). The van der Waals surface area contributed by atoms with Gasteiger partial charge in [-0.15, -0.1) is 11.3 Å². The second-order valence-corrected chi connectivity index (χ2v) is 6.94. The van der Waals surface area contributed by atoms with Crippen LogP contribution < -0.4 is 5.32 Å². The first-order valence-electron chi connectivity index (χ1n) is 6.79. The first kappa shape index (κ1) is 13.0. The number of aromatic nitrogens is 1. The van der Waals surface area contributed by atoms with Crippen LogP contribution in [0.15, 0.2) is 6.20 Å². The molecule has 1 fully saturated rings. The van der Waals surface area contributed by atoms with Gasteiger partial charge in [0, 0.05) is 23.7 Å². The lowest BCUT2D eigenvalue weighted by molar-refractivity contribution is 0.166. The van der Waals surface area contributed by atoms with Gasteiger partial charge >= 0.3 is 0 Å². The van der Waals surface area contributed by atoms with Gasteiger partial charge in [-0.2, -0.15) is 0 Å². The van der Waals surface area contributed by atoms with Gasteiger partial charge in [-0.05, 0) is 24.7 Å². The Morgan fingerprint density at radius 1 is 1.47 bits per heavy atom. The lowest BCUT2D eigenvalue weighted by Gasteiger charge is -2.39. The lowest BCUT2D eigenvalue weighted by atomic mass is 9.73. The fourth-order valence-corrected chi connectivity index (χ4v) is 3.49. The summed E-state index contributed by atoms with van der Waals surface area (Å²) < 4.78 is 0. The van der Waals surface area contributed by atoms with Crippen LogP contribution in [0.1, 0.15) is 56.3 Å². The number of nitrogens with zero attached hydrogens (tertiary/aromatic N) is 1. The summed E-state index contributed by atoms with van der Waals surface area (Å²) in [6.07, 6.45) is 8.56.